The molecule has 0 aliphatic carbocycles. The minimum atomic E-state index is -0.297. The van der Waals surface area contributed by atoms with Crippen molar-refractivity contribution < 1.29 is 9.59 Å². The van der Waals surface area contributed by atoms with Crippen molar-refractivity contribution in [3.8, 4) is 0 Å². The summed E-state index contributed by atoms with van der Waals surface area (Å²) in [5.74, 6) is -0.678. The standard InChI is InChI=1S/C20H23ClN2O2/c1-4-13(2)22-20(25)17-12-16(10-11-18(17)21)23-19(24)14(3)15-8-6-5-7-9-15/h5-14H,4H2,1-3H3,(H,22,25)(H,23,24)/t13-,14+/m1/s1. The van der Waals surface area contributed by atoms with E-state index in [0.29, 0.717) is 16.3 Å². The number of amides is 2. The van der Waals surface area contributed by atoms with Crippen molar-refractivity contribution in [1.82, 2.24) is 5.32 Å². The zero-order valence-electron chi connectivity index (χ0n) is 14.7. The largest absolute Gasteiger partial charge is 0.350 e. The van der Waals surface area contributed by atoms with Crippen LogP contribution in [0.2, 0.25) is 5.02 Å². The second kappa shape index (κ2) is 8.67. The molecule has 132 valence electrons. The van der Waals surface area contributed by atoms with E-state index in [-0.39, 0.29) is 23.8 Å². The molecular formula is C20H23ClN2O2. The summed E-state index contributed by atoms with van der Waals surface area (Å²) in [5, 5.41) is 6.09. The van der Waals surface area contributed by atoms with Gasteiger partial charge in [-0.15, -0.1) is 0 Å². The molecule has 0 heterocycles. The number of halogens is 1. The van der Waals surface area contributed by atoms with E-state index in [9.17, 15) is 9.59 Å². The molecule has 2 aromatic rings. The average Bonchev–Trinajstić information content (AvgIpc) is 2.63. The second-order valence-corrected chi connectivity index (χ2v) is 6.51. The van der Waals surface area contributed by atoms with Crippen molar-refractivity contribution in [1.29, 1.82) is 0 Å². The summed E-state index contributed by atoms with van der Waals surface area (Å²) in [6.07, 6.45) is 0.828. The summed E-state index contributed by atoms with van der Waals surface area (Å²) in [6.45, 7) is 5.77. The van der Waals surface area contributed by atoms with Gasteiger partial charge in [0.25, 0.3) is 5.91 Å². The van der Waals surface area contributed by atoms with Crippen LogP contribution >= 0.6 is 11.6 Å². The number of hydrogen-bond acceptors (Lipinski definition) is 2. The first-order chi connectivity index (χ1) is 11.9. The first kappa shape index (κ1) is 19.0. The van der Waals surface area contributed by atoms with E-state index in [1.165, 1.54) is 0 Å². The Bertz CT molecular complexity index is 747. The Labute approximate surface area is 153 Å². The molecule has 0 spiro atoms. The summed E-state index contributed by atoms with van der Waals surface area (Å²) in [4.78, 5) is 24.8. The molecule has 0 saturated carbocycles. The summed E-state index contributed by atoms with van der Waals surface area (Å²) < 4.78 is 0. The van der Waals surface area contributed by atoms with Crippen LogP contribution in [0.25, 0.3) is 0 Å². The highest BCUT2D eigenvalue weighted by Crippen LogP contribution is 2.23. The monoisotopic (exact) mass is 358 g/mol. The Morgan fingerprint density at radius 3 is 2.40 bits per heavy atom. The van der Waals surface area contributed by atoms with Gasteiger partial charge in [-0.2, -0.15) is 0 Å². The fourth-order valence-corrected chi connectivity index (χ4v) is 2.53. The van der Waals surface area contributed by atoms with Crippen molar-refractivity contribution in [3.63, 3.8) is 0 Å². The molecule has 2 rings (SSSR count). The molecule has 0 saturated heterocycles. The van der Waals surface area contributed by atoms with Crippen LogP contribution in [0, 0.1) is 0 Å². The quantitative estimate of drug-likeness (QED) is 0.792. The molecule has 0 aliphatic rings. The van der Waals surface area contributed by atoms with Crippen molar-refractivity contribution in [2.24, 2.45) is 0 Å². The number of benzene rings is 2. The van der Waals surface area contributed by atoms with Gasteiger partial charge in [0.05, 0.1) is 16.5 Å². The van der Waals surface area contributed by atoms with E-state index in [0.717, 1.165) is 12.0 Å². The SMILES string of the molecule is CC[C@@H](C)NC(=O)c1cc(NC(=O)[C@@H](C)c2ccccc2)ccc1Cl. The molecule has 4 nitrogen and oxygen atoms in total. The van der Waals surface area contributed by atoms with E-state index in [1.807, 2.05) is 51.1 Å². The molecule has 5 heteroatoms. The topological polar surface area (TPSA) is 58.2 Å². The second-order valence-electron chi connectivity index (χ2n) is 6.10. The molecule has 0 fully saturated rings. The van der Waals surface area contributed by atoms with Crippen molar-refractivity contribution >= 4 is 29.1 Å². The Morgan fingerprint density at radius 1 is 1.08 bits per heavy atom. The summed E-state index contributed by atoms with van der Waals surface area (Å²) in [7, 11) is 0. The van der Waals surface area contributed by atoms with Crippen LogP contribution in [0.3, 0.4) is 0 Å². The van der Waals surface area contributed by atoms with Gasteiger partial charge in [-0.25, -0.2) is 0 Å². The van der Waals surface area contributed by atoms with Gasteiger partial charge in [-0.3, -0.25) is 9.59 Å². The number of rotatable bonds is 6. The van der Waals surface area contributed by atoms with E-state index in [1.54, 1.807) is 18.2 Å². The van der Waals surface area contributed by atoms with Gasteiger partial charge in [0.2, 0.25) is 5.91 Å². The maximum Gasteiger partial charge on any atom is 0.253 e. The van der Waals surface area contributed by atoms with Crippen LogP contribution in [-0.2, 0) is 4.79 Å². The smallest absolute Gasteiger partial charge is 0.253 e. The average molecular weight is 359 g/mol. The lowest BCUT2D eigenvalue weighted by atomic mass is 10.0. The van der Waals surface area contributed by atoms with Gasteiger partial charge in [0, 0.05) is 11.7 Å². The Balaban J connectivity index is 2.14. The van der Waals surface area contributed by atoms with E-state index >= 15 is 0 Å². The normalized spacial score (nSPS) is 13.0. The zero-order valence-corrected chi connectivity index (χ0v) is 15.4. The van der Waals surface area contributed by atoms with E-state index < -0.39 is 0 Å². The Hall–Kier alpha value is -2.33. The number of hydrogen-bond donors (Lipinski definition) is 2. The number of carbonyl (C=O) groups is 2. The number of carbonyl (C=O) groups excluding carboxylic acids is 2. The van der Waals surface area contributed by atoms with E-state index in [4.69, 9.17) is 11.6 Å². The minimum Gasteiger partial charge on any atom is -0.350 e. The summed E-state index contributed by atoms with van der Waals surface area (Å²) in [6, 6.07) is 14.5. The van der Waals surface area contributed by atoms with Crippen molar-refractivity contribution in [3.05, 3.63) is 64.7 Å². The van der Waals surface area contributed by atoms with Crippen LogP contribution in [0.15, 0.2) is 48.5 Å². The third-order valence-corrected chi connectivity index (χ3v) is 4.49. The molecule has 2 N–H and O–H groups in total. The van der Waals surface area contributed by atoms with Gasteiger partial charge in [0.15, 0.2) is 0 Å². The lowest BCUT2D eigenvalue weighted by molar-refractivity contribution is -0.117. The van der Waals surface area contributed by atoms with Crippen LogP contribution in [0.1, 0.15) is 49.0 Å². The molecule has 2 aromatic carbocycles. The first-order valence-electron chi connectivity index (χ1n) is 8.38. The maximum absolute atomic E-state index is 12.5. The molecule has 0 radical (unpaired) electrons. The van der Waals surface area contributed by atoms with Gasteiger partial charge in [-0.1, -0.05) is 48.9 Å². The molecule has 25 heavy (non-hydrogen) atoms. The van der Waals surface area contributed by atoms with Crippen molar-refractivity contribution in [2.45, 2.75) is 39.2 Å². The van der Waals surface area contributed by atoms with Gasteiger partial charge < -0.3 is 10.6 Å². The maximum atomic E-state index is 12.5. The van der Waals surface area contributed by atoms with Crippen LogP contribution in [-0.4, -0.2) is 17.9 Å². The highest BCUT2D eigenvalue weighted by atomic mass is 35.5. The number of nitrogens with one attached hydrogen (secondary N) is 2. The third kappa shape index (κ3) is 5.07. The predicted molar refractivity (Wildman–Crippen MR) is 102 cm³/mol. The lowest BCUT2D eigenvalue weighted by Gasteiger charge is -2.15. The van der Waals surface area contributed by atoms with Crippen molar-refractivity contribution in [2.75, 3.05) is 5.32 Å². The molecule has 2 atom stereocenters. The van der Waals surface area contributed by atoms with E-state index in [2.05, 4.69) is 10.6 Å². The fourth-order valence-electron chi connectivity index (χ4n) is 2.32. The molecule has 2 amide bonds. The number of anilines is 1. The Kier molecular flexibility index (Phi) is 6.59. The highest BCUT2D eigenvalue weighted by molar-refractivity contribution is 6.34. The molecular weight excluding hydrogens is 336 g/mol. The Morgan fingerprint density at radius 2 is 1.76 bits per heavy atom. The fraction of sp³-hybridized carbons (Fsp3) is 0.300. The zero-order chi connectivity index (χ0) is 18.4. The lowest BCUT2D eigenvalue weighted by Crippen LogP contribution is -2.32. The highest BCUT2D eigenvalue weighted by Gasteiger charge is 2.17. The predicted octanol–water partition coefficient (Wildman–Crippen LogP) is 4.61. The molecule has 0 aromatic heterocycles. The van der Waals surface area contributed by atoms with Crippen LogP contribution in [0.5, 0.6) is 0 Å². The molecule has 0 unspecified atom stereocenters. The minimum absolute atomic E-state index is 0.0555. The summed E-state index contributed by atoms with van der Waals surface area (Å²) in [5.41, 5.74) is 1.84. The van der Waals surface area contributed by atoms with Crippen LogP contribution < -0.4 is 10.6 Å². The third-order valence-electron chi connectivity index (χ3n) is 4.16. The molecule has 0 aliphatic heterocycles. The van der Waals surface area contributed by atoms with Gasteiger partial charge >= 0.3 is 0 Å². The first-order valence-corrected chi connectivity index (χ1v) is 8.76. The van der Waals surface area contributed by atoms with Gasteiger partial charge in [0.1, 0.15) is 0 Å². The van der Waals surface area contributed by atoms with Gasteiger partial charge in [-0.05, 0) is 44.0 Å². The summed E-state index contributed by atoms with van der Waals surface area (Å²) >= 11 is 6.14. The van der Waals surface area contributed by atoms with Crippen LogP contribution in [0.4, 0.5) is 5.69 Å². The molecule has 0 bridgehead atoms.